The van der Waals surface area contributed by atoms with Crippen molar-refractivity contribution >= 4 is 32.7 Å². The van der Waals surface area contributed by atoms with E-state index in [2.05, 4.69) is 40.4 Å². The van der Waals surface area contributed by atoms with Crippen molar-refractivity contribution in [1.29, 1.82) is 0 Å². The van der Waals surface area contributed by atoms with Gasteiger partial charge in [0.15, 0.2) is 0 Å². The number of hydrogen-bond acceptors (Lipinski definition) is 2. The van der Waals surface area contributed by atoms with E-state index in [1.165, 1.54) is 0 Å². The SMILES string of the molecule is CC(C)n1c(-c2cc(Br)ccc2N)nc2ccccc21. The summed E-state index contributed by atoms with van der Waals surface area (Å²) in [6.45, 7) is 4.32. The maximum absolute atomic E-state index is 6.14. The summed E-state index contributed by atoms with van der Waals surface area (Å²) in [5, 5.41) is 0. The Morgan fingerprint density at radius 2 is 1.90 bits per heavy atom. The summed E-state index contributed by atoms with van der Waals surface area (Å²) in [5.41, 5.74) is 9.97. The Labute approximate surface area is 126 Å². The molecule has 3 rings (SSSR count). The zero-order valence-corrected chi connectivity index (χ0v) is 13.1. The average Bonchev–Trinajstić information content (AvgIpc) is 2.80. The maximum Gasteiger partial charge on any atom is 0.143 e. The van der Waals surface area contributed by atoms with E-state index in [1.807, 2.05) is 36.4 Å². The fourth-order valence-corrected chi connectivity index (χ4v) is 2.84. The van der Waals surface area contributed by atoms with Crippen LogP contribution in [0, 0.1) is 0 Å². The molecule has 0 spiro atoms. The van der Waals surface area contributed by atoms with Crippen molar-refractivity contribution in [1.82, 2.24) is 9.55 Å². The highest BCUT2D eigenvalue weighted by atomic mass is 79.9. The van der Waals surface area contributed by atoms with Crippen molar-refractivity contribution in [3.63, 3.8) is 0 Å². The number of benzene rings is 2. The lowest BCUT2D eigenvalue weighted by atomic mass is 10.1. The van der Waals surface area contributed by atoms with Crippen LogP contribution in [0.4, 0.5) is 5.69 Å². The van der Waals surface area contributed by atoms with Crippen LogP contribution in [0.5, 0.6) is 0 Å². The first-order valence-electron chi connectivity index (χ1n) is 6.60. The molecule has 4 heteroatoms. The van der Waals surface area contributed by atoms with Gasteiger partial charge in [0.1, 0.15) is 5.82 Å². The minimum Gasteiger partial charge on any atom is -0.398 e. The van der Waals surface area contributed by atoms with Crippen molar-refractivity contribution < 1.29 is 0 Å². The zero-order valence-electron chi connectivity index (χ0n) is 11.5. The number of imidazole rings is 1. The molecule has 0 amide bonds. The Bertz CT molecular complexity index is 774. The highest BCUT2D eigenvalue weighted by Crippen LogP contribution is 2.33. The first-order chi connectivity index (χ1) is 9.58. The van der Waals surface area contributed by atoms with Gasteiger partial charge in [-0.3, -0.25) is 0 Å². The number of halogens is 1. The van der Waals surface area contributed by atoms with Crippen LogP contribution in [0.15, 0.2) is 46.9 Å². The Morgan fingerprint density at radius 1 is 1.15 bits per heavy atom. The van der Waals surface area contributed by atoms with E-state index >= 15 is 0 Å². The Balaban J connectivity index is 2.35. The zero-order chi connectivity index (χ0) is 14.3. The molecule has 0 saturated carbocycles. The van der Waals surface area contributed by atoms with E-state index in [9.17, 15) is 0 Å². The molecule has 0 saturated heterocycles. The molecular formula is C16H16BrN3. The highest BCUT2D eigenvalue weighted by molar-refractivity contribution is 9.10. The third kappa shape index (κ3) is 2.10. The second-order valence-electron chi connectivity index (χ2n) is 5.12. The van der Waals surface area contributed by atoms with Crippen molar-refractivity contribution in [3.05, 3.63) is 46.9 Å². The number of para-hydroxylation sites is 2. The lowest BCUT2D eigenvalue weighted by molar-refractivity contribution is 0.624. The van der Waals surface area contributed by atoms with Crippen LogP contribution in [0.2, 0.25) is 0 Å². The Morgan fingerprint density at radius 3 is 2.65 bits per heavy atom. The number of aromatic nitrogens is 2. The van der Waals surface area contributed by atoms with Gasteiger partial charge in [-0.25, -0.2) is 4.98 Å². The summed E-state index contributed by atoms with van der Waals surface area (Å²) in [6, 6.07) is 14.4. The van der Waals surface area contributed by atoms with Crippen LogP contribution in [0.3, 0.4) is 0 Å². The van der Waals surface area contributed by atoms with E-state index in [1.54, 1.807) is 0 Å². The minimum atomic E-state index is 0.316. The Hall–Kier alpha value is -1.81. The fourth-order valence-electron chi connectivity index (χ4n) is 2.48. The normalized spacial score (nSPS) is 11.4. The molecule has 3 nitrogen and oxygen atoms in total. The minimum absolute atomic E-state index is 0.316. The Kier molecular flexibility index (Phi) is 3.26. The second kappa shape index (κ2) is 4.94. The van der Waals surface area contributed by atoms with E-state index < -0.39 is 0 Å². The molecule has 20 heavy (non-hydrogen) atoms. The monoisotopic (exact) mass is 329 g/mol. The van der Waals surface area contributed by atoms with Gasteiger partial charge in [-0.1, -0.05) is 28.1 Å². The van der Waals surface area contributed by atoms with E-state index in [0.717, 1.165) is 32.6 Å². The molecule has 102 valence electrons. The summed E-state index contributed by atoms with van der Waals surface area (Å²) < 4.78 is 3.23. The third-order valence-electron chi connectivity index (χ3n) is 3.37. The average molecular weight is 330 g/mol. The number of rotatable bonds is 2. The standard InChI is InChI=1S/C16H16BrN3/c1-10(2)20-15-6-4-3-5-14(15)19-16(20)12-9-11(17)7-8-13(12)18/h3-10H,18H2,1-2H3. The molecule has 0 fully saturated rings. The van der Waals surface area contributed by atoms with Gasteiger partial charge in [0.25, 0.3) is 0 Å². The summed E-state index contributed by atoms with van der Waals surface area (Å²) >= 11 is 3.51. The molecule has 1 aromatic heterocycles. The van der Waals surface area contributed by atoms with Crippen molar-refractivity contribution in [2.75, 3.05) is 5.73 Å². The predicted molar refractivity (Wildman–Crippen MR) is 87.7 cm³/mol. The van der Waals surface area contributed by atoms with Crippen molar-refractivity contribution in [3.8, 4) is 11.4 Å². The highest BCUT2D eigenvalue weighted by Gasteiger charge is 2.16. The summed E-state index contributed by atoms with van der Waals surface area (Å²) in [7, 11) is 0. The fraction of sp³-hybridized carbons (Fsp3) is 0.188. The van der Waals surface area contributed by atoms with Gasteiger partial charge < -0.3 is 10.3 Å². The van der Waals surface area contributed by atoms with Gasteiger partial charge in [0.05, 0.1) is 11.0 Å². The van der Waals surface area contributed by atoms with E-state index in [4.69, 9.17) is 10.7 Å². The van der Waals surface area contributed by atoms with E-state index in [-0.39, 0.29) is 0 Å². The molecule has 0 atom stereocenters. The van der Waals surface area contributed by atoms with Gasteiger partial charge in [-0.05, 0) is 44.2 Å². The van der Waals surface area contributed by atoms with Crippen LogP contribution in [0.1, 0.15) is 19.9 Å². The second-order valence-corrected chi connectivity index (χ2v) is 6.04. The van der Waals surface area contributed by atoms with Gasteiger partial charge in [-0.15, -0.1) is 0 Å². The molecular weight excluding hydrogens is 314 g/mol. The van der Waals surface area contributed by atoms with Crippen LogP contribution in [-0.4, -0.2) is 9.55 Å². The molecule has 0 aliphatic carbocycles. The van der Waals surface area contributed by atoms with Crippen LogP contribution in [-0.2, 0) is 0 Å². The molecule has 2 aromatic carbocycles. The third-order valence-corrected chi connectivity index (χ3v) is 3.86. The largest absolute Gasteiger partial charge is 0.398 e. The molecule has 0 radical (unpaired) electrons. The summed E-state index contributed by atoms with van der Waals surface area (Å²) in [5.74, 6) is 0.917. The number of nitrogen functional groups attached to an aromatic ring is 1. The molecule has 0 aliphatic rings. The summed E-state index contributed by atoms with van der Waals surface area (Å²) in [6.07, 6.45) is 0. The molecule has 2 N–H and O–H groups in total. The first-order valence-corrected chi connectivity index (χ1v) is 7.39. The quantitative estimate of drug-likeness (QED) is 0.696. The number of nitrogens with two attached hydrogens (primary N) is 1. The number of hydrogen-bond donors (Lipinski definition) is 1. The number of nitrogens with zero attached hydrogens (tertiary/aromatic N) is 2. The number of anilines is 1. The predicted octanol–water partition coefficient (Wildman–Crippen LogP) is 4.63. The van der Waals surface area contributed by atoms with Crippen LogP contribution < -0.4 is 5.73 Å². The molecule has 3 aromatic rings. The van der Waals surface area contributed by atoms with Gasteiger partial charge in [0, 0.05) is 21.8 Å². The van der Waals surface area contributed by atoms with Gasteiger partial charge >= 0.3 is 0 Å². The summed E-state index contributed by atoms with van der Waals surface area (Å²) in [4.78, 5) is 4.77. The van der Waals surface area contributed by atoms with Crippen LogP contribution in [0.25, 0.3) is 22.4 Å². The van der Waals surface area contributed by atoms with Crippen molar-refractivity contribution in [2.45, 2.75) is 19.9 Å². The lowest BCUT2D eigenvalue weighted by Crippen LogP contribution is -2.04. The molecule has 0 aliphatic heterocycles. The molecule has 1 heterocycles. The lowest BCUT2D eigenvalue weighted by Gasteiger charge is -2.14. The topological polar surface area (TPSA) is 43.8 Å². The molecule has 0 bridgehead atoms. The smallest absolute Gasteiger partial charge is 0.143 e. The maximum atomic E-state index is 6.14. The van der Waals surface area contributed by atoms with Crippen molar-refractivity contribution in [2.24, 2.45) is 0 Å². The van der Waals surface area contributed by atoms with Gasteiger partial charge in [-0.2, -0.15) is 0 Å². The molecule has 0 unspecified atom stereocenters. The van der Waals surface area contributed by atoms with Gasteiger partial charge in [0.2, 0.25) is 0 Å². The number of fused-ring (bicyclic) bond motifs is 1. The van der Waals surface area contributed by atoms with E-state index in [0.29, 0.717) is 6.04 Å². The van der Waals surface area contributed by atoms with Crippen LogP contribution >= 0.6 is 15.9 Å². The first kappa shape index (κ1) is 13.2.